The first-order valence-electron chi connectivity index (χ1n) is 9.91. The average molecular weight is 583 g/mol. The topological polar surface area (TPSA) is 124 Å². The minimum atomic E-state index is -1.89. The van der Waals surface area contributed by atoms with E-state index < -0.39 is 35.8 Å². The van der Waals surface area contributed by atoms with Crippen molar-refractivity contribution in [3.8, 4) is 107 Å². The van der Waals surface area contributed by atoms with E-state index in [9.17, 15) is 20.0 Å². The van der Waals surface area contributed by atoms with E-state index in [4.69, 9.17) is 15.9 Å². The van der Waals surface area contributed by atoms with Gasteiger partial charge in [-0.25, -0.2) is 0 Å². The Morgan fingerprint density at radius 2 is 1.56 bits per heavy atom. The van der Waals surface area contributed by atoms with E-state index in [1.807, 2.05) is 0 Å². The Kier molecular flexibility index (Phi) is 20.6. The second-order valence-electron chi connectivity index (χ2n) is 6.20. The third-order valence-corrected chi connectivity index (χ3v) is 4.11. The molecule has 0 aromatic carbocycles. The van der Waals surface area contributed by atoms with Crippen LogP contribution in [0.3, 0.4) is 0 Å². The molecule has 0 bridgehead atoms. The van der Waals surface area contributed by atoms with Crippen molar-refractivity contribution in [2.45, 2.75) is 17.3 Å². The van der Waals surface area contributed by atoms with Gasteiger partial charge in [-0.15, -0.1) is 6.42 Å². The molecule has 220 valence electrons. The summed E-state index contributed by atoms with van der Waals surface area (Å²) >= 11 is 0.392. The molecule has 2 unspecified atom stereocenters. The molecular weight excluding hydrogens is 535 g/mol. The number of rotatable bonds is 5. The van der Waals surface area contributed by atoms with E-state index in [-0.39, 0.29) is 67.0 Å². The van der Waals surface area contributed by atoms with Crippen molar-refractivity contribution in [3.63, 3.8) is 0 Å². The molecule has 1 rings (SSSR count). The summed E-state index contributed by atoms with van der Waals surface area (Å²) in [6.45, 7) is -0.933. The molecule has 2 atom stereocenters. The monoisotopic (exact) mass is 582 g/mol. The maximum absolute atomic E-state index is 12.1. The average Bonchev–Trinajstić information content (AvgIpc) is 2.90. The predicted molar refractivity (Wildman–Crippen MR) is 167 cm³/mol. The fourth-order valence-corrected chi connectivity index (χ4v) is 2.43. The van der Waals surface area contributed by atoms with Crippen LogP contribution in [0.1, 0.15) is 30.7 Å². The molecule has 11 heteroatoms. The van der Waals surface area contributed by atoms with Gasteiger partial charge in [0, 0.05) is 71.6 Å². The summed E-state index contributed by atoms with van der Waals surface area (Å²) in [5.74, 6) is 36.2. The van der Waals surface area contributed by atoms with Gasteiger partial charge in [0.1, 0.15) is 23.6 Å². The number of aliphatic hydroxyl groups is 1. The molecule has 0 amide bonds. The number of hydrogen-bond donors (Lipinski definition) is 1. The normalized spacial score (nSPS) is 17.1. The number of esters is 2. The molecule has 0 saturated heterocycles. The number of ether oxygens (including phenoxy) is 3. The molecule has 0 aliphatic carbocycles. The zero-order chi connectivity index (χ0) is 27.7. The van der Waals surface area contributed by atoms with Gasteiger partial charge in [0.2, 0.25) is 0 Å². The molecule has 0 saturated carbocycles. The molecule has 39 heavy (non-hydrogen) atoms. The molecule has 0 aromatic heterocycles. The first-order valence-corrected chi connectivity index (χ1v) is 10.7. The van der Waals surface area contributed by atoms with Crippen molar-refractivity contribution in [3.05, 3.63) is 12.2 Å². The van der Waals surface area contributed by atoms with Gasteiger partial charge < -0.3 is 24.6 Å². The summed E-state index contributed by atoms with van der Waals surface area (Å²) in [6, 6.07) is 0. The Morgan fingerprint density at radius 1 is 1.03 bits per heavy atom. The molecule has 1 heterocycles. The van der Waals surface area contributed by atoms with Crippen molar-refractivity contribution in [2.24, 2.45) is 0 Å². The molecule has 1 aliphatic rings. The third kappa shape index (κ3) is 18.7. The minimum Gasteiger partial charge on any atom is -0.691 e. The van der Waals surface area contributed by atoms with Gasteiger partial charge in [-0.3, -0.25) is 14.6 Å². The SMILES string of the molecule is C#CC#CC#CC#CC#CC#CC#CC#CC#COC(=O)CC1(O)COC/C=C\C(SOO[O-])C(=O)OC1.[HH].[HH].[HH].[HH].[HH].[HH].[HH].[HH].[HH].[HH].[HH].[HH].[HH].[HH].[HH].[HH].[HH].[Na+]. The van der Waals surface area contributed by atoms with Crippen LogP contribution in [0.15, 0.2) is 12.2 Å². The van der Waals surface area contributed by atoms with Crippen LogP contribution in [0.4, 0.5) is 0 Å². The molecule has 1 aliphatic heterocycles. The fourth-order valence-electron chi connectivity index (χ4n) is 1.99. The van der Waals surface area contributed by atoms with E-state index in [1.165, 1.54) is 12.2 Å². The number of terminal acetylenes is 1. The second kappa shape index (κ2) is 23.0. The maximum Gasteiger partial charge on any atom is 1.00 e. The van der Waals surface area contributed by atoms with Gasteiger partial charge in [-0.05, 0) is 47.4 Å². The third-order valence-electron chi connectivity index (χ3n) is 3.42. The van der Waals surface area contributed by atoms with Crippen LogP contribution in [0.5, 0.6) is 0 Å². The fraction of sp³-hybridized carbons (Fsp3) is 0.214. The molecular formula is C28H47NaO9S. The first kappa shape index (κ1) is 34.9. The summed E-state index contributed by atoms with van der Waals surface area (Å²) < 4.78 is 19.0. The summed E-state index contributed by atoms with van der Waals surface area (Å²) in [5.41, 5.74) is -1.89. The number of carbonyl (C=O) groups excluding carboxylic acids is 2. The summed E-state index contributed by atoms with van der Waals surface area (Å²) in [4.78, 5) is 24.1. The molecule has 0 aromatic rings. The van der Waals surface area contributed by atoms with Crippen LogP contribution in [-0.4, -0.2) is 47.7 Å². The van der Waals surface area contributed by atoms with Crippen LogP contribution in [-0.2, 0) is 33.2 Å². The number of cyclic esters (lactones) is 1. The molecule has 1 N–H and O–H groups in total. The minimum absolute atomic E-state index is 0. The van der Waals surface area contributed by atoms with Crippen LogP contribution < -0.4 is 34.8 Å². The number of carbonyl (C=O) groups is 2. The molecule has 0 spiro atoms. The second-order valence-corrected chi connectivity index (χ2v) is 7.04. The Labute approximate surface area is 277 Å². The van der Waals surface area contributed by atoms with E-state index in [1.54, 1.807) is 0 Å². The standard InChI is InChI=1S/C28H14O9S.Na.17H2/c1-2-3-4-5-6-7-8-9-10-11-12-13-14-15-16-17-21-34-26(29)22-28(31)23-33-20-18-19-25(38-37-36-32)27(30)35-24-28;;;;;;;;;;;;;;;;;;/h1,18-19,25,31-32H,20,22-24H2;;17*1H/q;+1;;;;;;;;;;;;;;;;;/p-1/b19-18-;;;;;;;;;;;;;;;;;;. The van der Waals surface area contributed by atoms with Crippen LogP contribution in [0.2, 0.25) is 0 Å². The van der Waals surface area contributed by atoms with Crippen molar-refractivity contribution in [1.29, 1.82) is 0 Å². The van der Waals surface area contributed by atoms with Crippen LogP contribution >= 0.6 is 12.0 Å². The van der Waals surface area contributed by atoms with Gasteiger partial charge in [0.25, 0.3) is 0 Å². The molecule has 0 fully saturated rings. The van der Waals surface area contributed by atoms with Crippen molar-refractivity contribution < 1.29 is 97.3 Å². The molecule has 9 nitrogen and oxygen atoms in total. The van der Waals surface area contributed by atoms with Crippen LogP contribution in [0.25, 0.3) is 0 Å². The summed E-state index contributed by atoms with van der Waals surface area (Å²) in [5, 5.41) is 22.7. The quantitative estimate of drug-likeness (QED) is 0.0889. The summed E-state index contributed by atoms with van der Waals surface area (Å²) in [6.07, 6.45) is 9.17. The Morgan fingerprint density at radius 3 is 2.10 bits per heavy atom. The largest absolute Gasteiger partial charge is 1.00 e. The smallest absolute Gasteiger partial charge is 0.691 e. The van der Waals surface area contributed by atoms with Gasteiger partial charge in [0.15, 0.2) is 0 Å². The number of hydrogen-bond acceptors (Lipinski definition) is 10. The van der Waals surface area contributed by atoms with E-state index >= 15 is 0 Å². The van der Waals surface area contributed by atoms with Crippen molar-refractivity contribution >= 4 is 24.0 Å². The Bertz CT molecular complexity index is 1510. The van der Waals surface area contributed by atoms with E-state index in [0.717, 1.165) is 0 Å². The Hall–Kier alpha value is -4.13. The van der Waals surface area contributed by atoms with Gasteiger partial charge in [-0.1, -0.05) is 12.2 Å². The van der Waals surface area contributed by atoms with E-state index in [2.05, 4.69) is 115 Å². The zero-order valence-electron chi connectivity index (χ0n) is 20.3. The van der Waals surface area contributed by atoms with Gasteiger partial charge >= 0.3 is 41.5 Å². The predicted octanol–water partition coefficient (Wildman–Crippen LogP) is -0.175. The van der Waals surface area contributed by atoms with Gasteiger partial charge in [-0.2, -0.15) is 4.33 Å². The Balaban J connectivity index is -0.0000000501. The summed E-state index contributed by atoms with van der Waals surface area (Å²) in [7, 11) is 0. The molecule has 0 radical (unpaired) electrons. The van der Waals surface area contributed by atoms with Crippen molar-refractivity contribution in [2.75, 3.05) is 19.8 Å². The first-order chi connectivity index (χ1) is 18.5. The van der Waals surface area contributed by atoms with Gasteiger partial charge in [0.05, 0.1) is 31.7 Å². The van der Waals surface area contributed by atoms with E-state index in [0.29, 0.717) is 12.0 Å². The maximum atomic E-state index is 12.1. The van der Waals surface area contributed by atoms with Crippen LogP contribution in [0, 0.1) is 107 Å². The zero-order valence-corrected chi connectivity index (χ0v) is 23.1. The van der Waals surface area contributed by atoms with Crippen molar-refractivity contribution in [1.82, 2.24) is 0 Å².